The van der Waals surface area contributed by atoms with Crippen LogP contribution in [0.1, 0.15) is 11.1 Å². The van der Waals surface area contributed by atoms with Gasteiger partial charge in [0.1, 0.15) is 0 Å². The maximum absolute atomic E-state index is 5.68. The molecule has 0 bridgehead atoms. The normalized spacial score (nSPS) is 15.2. The van der Waals surface area contributed by atoms with E-state index in [2.05, 4.69) is 29.2 Å². The van der Waals surface area contributed by atoms with Gasteiger partial charge in [0.15, 0.2) is 0 Å². The van der Waals surface area contributed by atoms with E-state index in [1.807, 2.05) is 0 Å². The molecule has 72 valence electrons. The van der Waals surface area contributed by atoms with Gasteiger partial charge >= 0.3 is 0 Å². The molecule has 0 saturated carbocycles. The highest BCUT2D eigenvalue weighted by atomic mass is 35.5. The molecular weight excluding hydrogens is 205 g/mol. The predicted molar refractivity (Wildman–Crippen MR) is 58.5 cm³/mol. The highest BCUT2D eigenvalue weighted by molar-refractivity contribution is 6.18. The Morgan fingerprint density at radius 1 is 1.15 bits per heavy atom. The highest BCUT2D eigenvalue weighted by Crippen LogP contribution is 2.21. The third-order valence-corrected chi connectivity index (χ3v) is 2.48. The molecule has 1 aromatic rings. The first kappa shape index (κ1) is 10.8. The van der Waals surface area contributed by atoms with E-state index in [-0.39, 0.29) is 12.4 Å². The Hall–Kier alpha value is -0.240. The van der Waals surface area contributed by atoms with Crippen molar-refractivity contribution >= 4 is 24.0 Å². The number of rotatable bonds is 2. The van der Waals surface area contributed by atoms with Crippen molar-refractivity contribution in [1.29, 1.82) is 0 Å². The number of alkyl halides is 1. The molecule has 2 rings (SSSR count). The molecule has 0 aliphatic carbocycles. The van der Waals surface area contributed by atoms with Gasteiger partial charge in [-0.15, -0.1) is 24.0 Å². The fourth-order valence-corrected chi connectivity index (χ4v) is 1.92. The minimum Gasteiger partial charge on any atom is -0.294 e. The molecule has 0 N–H and O–H groups in total. The van der Waals surface area contributed by atoms with Crippen molar-refractivity contribution in [1.82, 2.24) is 4.90 Å². The highest BCUT2D eigenvalue weighted by Gasteiger charge is 2.16. The molecule has 1 aliphatic heterocycles. The second-order valence-corrected chi connectivity index (χ2v) is 3.55. The van der Waals surface area contributed by atoms with Crippen LogP contribution in [0.3, 0.4) is 0 Å². The van der Waals surface area contributed by atoms with Crippen molar-refractivity contribution in [3.63, 3.8) is 0 Å². The summed E-state index contributed by atoms with van der Waals surface area (Å²) < 4.78 is 0. The van der Waals surface area contributed by atoms with Crippen molar-refractivity contribution < 1.29 is 0 Å². The first-order valence-corrected chi connectivity index (χ1v) is 4.78. The van der Waals surface area contributed by atoms with Crippen LogP contribution in [-0.2, 0) is 13.1 Å². The van der Waals surface area contributed by atoms with Crippen LogP contribution in [0.5, 0.6) is 0 Å². The monoisotopic (exact) mass is 217 g/mol. The van der Waals surface area contributed by atoms with Gasteiger partial charge in [-0.3, -0.25) is 4.90 Å². The van der Waals surface area contributed by atoms with Crippen LogP contribution in [0.25, 0.3) is 0 Å². The fourth-order valence-electron chi connectivity index (χ4n) is 1.68. The molecule has 0 aromatic heterocycles. The lowest BCUT2D eigenvalue weighted by Gasteiger charge is -2.11. The summed E-state index contributed by atoms with van der Waals surface area (Å²) in [5.41, 5.74) is 2.92. The standard InChI is InChI=1S/C10H12ClN.ClH/c11-5-6-12-7-9-3-1-2-4-10(9)8-12;/h1-4H,5-8H2;1H. The first-order chi connectivity index (χ1) is 5.90. The van der Waals surface area contributed by atoms with Gasteiger partial charge < -0.3 is 0 Å². The molecular formula is C10H13Cl2N. The molecule has 1 aliphatic rings. The number of hydrogen-bond donors (Lipinski definition) is 0. The summed E-state index contributed by atoms with van der Waals surface area (Å²) in [7, 11) is 0. The van der Waals surface area contributed by atoms with Gasteiger partial charge in [-0.2, -0.15) is 0 Å². The number of nitrogens with zero attached hydrogens (tertiary/aromatic N) is 1. The van der Waals surface area contributed by atoms with Gasteiger partial charge in [-0.1, -0.05) is 24.3 Å². The van der Waals surface area contributed by atoms with Crippen LogP contribution in [0.4, 0.5) is 0 Å². The zero-order valence-corrected chi connectivity index (χ0v) is 8.94. The summed E-state index contributed by atoms with van der Waals surface area (Å²) in [6.07, 6.45) is 0. The molecule has 0 spiro atoms. The van der Waals surface area contributed by atoms with E-state index < -0.39 is 0 Å². The van der Waals surface area contributed by atoms with Crippen LogP contribution in [0.15, 0.2) is 24.3 Å². The third-order valence-electron chi connectivity index (χ3n) is 2.31. The second kappa shape index (κ2) is 4.85. The summed E-state index contributed by atoms with van der Waals surface area (Å²) in [5, 5.41) is 0. The van der Waals surface area contributed by atoms with Crippen LogP contribution >= 0.6 is 24.0 Å². The van der Waals surface area contributed by atoms with Gasteiger partial charge in [-0.25, -0.2) is 0 Å². The van der Waals surface area contributed by atoms with E-state index >= 15 is 0 Å². The van der Waals surface area contributed by atoms with Crippen LogP contribution < -0.4 is 0 Å². The molecule has 13 heavy (non-hydrogen) atoms. The van der Waals surface area contributed by atoms with Crippen molar-refractivity contribution in [2.45, 2.75) is 13.1 Å². The molecule has 0 amide bonds. The van der Waals surface area contributed by atoms with Crippen LogP contribution in [0.2, 0.25) is 0 Å². The van der Waals surface area contributed by atoms with Crippen molar-refractivity contribution in [2.24, 2.45) is 0 Å². The fraction of sp³-hybridized carbons (Fsp3) is 0.400. The van der Waals surface area contributed by atoms with E-state index in [4.69, 9.17) is 11.6 Å². The number of hydrogen-bond acceptors (Lipinski definition) is 1. The van der Waals surface area contributed by atoms with Crippen LogP contribution in [-0.4, -0.2) is 17.3 Å². The van der Waals surface area contributed by atoms with E-state index in [1.165, 1.54) is 11.1 Å². The Morgan fingerprint density at radius 3 is 2.15 bits per heavy atom. The van der Waals surface area contributed by atoms with E-state index in [1.54, 1.807) is 0 Å². The Labute approximate surface area is 90.1 Å². The van der Waals surface area contributed by atoms with Crippen LogP contribution in [0, 0.1) is 0 Å². The molecule has 1 aromatic carbocycles. The van der Waals surface area contributed by atoms with Crippen molar-refractivity contribution in [3.8, 4) is 0 Å². The number of halogens is 2. The molecule has 0 unspecified atom stereocenters. The number of benzene rings is 1. The van der Waals surface area contributed by atoms with Crippen molar-refractivity contribution in [3.05, 3.63) is 35.4 Å². The summed E-state index contributed by atoms with van der Waals surface area (Å²) in [6, 6.07) is 8.60. The Kier molecular flexibility index (Phi) is 4.04. The van der Waals surface area contributed by atoms with Gasteiger partial charge in [0.05, 0.1) is 0 Å². The van der Waals surface area contributed by atoms with Gasteiger partial charge in [0, 0.05) is 25.5 Å². The van der Waals surface area contributed by atoms with Crippen molar-refractivity contribution in [2.75, 3.05) is 12.4 Å². The molecule has 1 heterocycles. The molecule has 1 nitrogen and oxygen atoms in total. The third kappa shape index (κ3) is 2.37. The zero-order valence-electron chi connectivity index (χ0n) is 7.37. The topological polar surface area (TPSA) is 3.24 Å². The average molecular weight is 218 g/mol. The quantitative estimate of drug-likeness (QED) is 0.690. The number of fused-ring (bicyclic) bond motifs is 1. The zero-order chi connectivity index (χ0) is 8.39. The average Bonchev–Trinajstić information content (AvgIpc) is 2.47. The largest absolute Gasteiger partial charge is 0.294 e. The SMILES string of the molecule is Cl.ClCCN1Cc2ccccc2C1. The predicted octanol–water partition coefficient (Wildman–Crippen LogP) is 2.66. The van der Waals surface area contributed by atoms with E-state index in [0.717, 1.165) is 25.5 Å². The minimum atomic E-state index is 0. The molecule has 0 radical (unpaired) electrons. The van der Waals surface area contributed by atoms with Gasteiger partial charge in [0.25, 0.3) is 0 Å². The summed E-state index contributed by atoms with van der Waals surface area (Å²) in [4.78, 5) is 2.37. The van der Waals surface area contributed by atoms with Gasteiger partial charge in [0.2, 0.25) is 0 Å². The van der Waals surface area contributed by atoms with E-state index in [9.17, 15) is 0 Å². The molecule has 0 atom stereocenters. The maximum atomic E-state index is 5.68. The van der Waals surface area contributed by atoms with E-state index in [0.29, 0.717) is 0 Å². The Balaban J connectivity index is 0.000000845. The van der Waals surface area contributed by atoms with Gasteiger partial charge in [-0.05, 0) is 11.1 Å². The minimum absolute atomic E-state index is 0. The lowest BCUT2D eigenvalue weighted by Crippen LogP contribution is -2.18. The molecule has 3 heteroatoms. The summed E-state index contributed by atoms with van der Waals surface area (Å²) in [5.74, 6) is 0.730. The maximum Gasteiger partial charge on any atom is 0.0351 e. The molecule has 0 saturated heterocycles. The summed E-state index contributed by atoms with van der Waals surface area (Å²) >= 11 is 5.68. The Bertz CT molecular complexity index is 250. The smallest absolute Gasteiger partial charge is 0.0351 e. The molecule has 0 fully saturated rings. The lowest BCUT2D eigenvalue weighted by atomic mass is 10.1. The first-order valence-electron chi connectivity index (χ1n) is 4.25. The lowest BCUT2D eigenvalue weighted by molar-refractivity contribution is 0.302. The summed E-state index contributed by atoms with van der Waals surface area (Å²) in [6.45, 7) is 3.14. The second-order valence-electron chi connectivity index (χ2n) is 3.17. The Morgan fingerprint density at radius 2 is 1.69 bits per heavy atom.